The monoisotopic (exact) mass is 490 g/mol. The maximum Gasteiger partial charge on any atom is 0.306 e. The summed E-state index contributed by atoms with van der Waals surface area (Å²) in [6, 6.07) is 0. The molecule has 9 atom stereocenters. The van der Waals surface area contributed by atoms with E-state index in [1.807, 2.05) is 13.0 Å². The molecule has 9 heteroatoms. The summed E-state index contributed by atoms with van der Waals surface area (Å²) in [5.41, 5.74) is -2.66. The maximum atomic E-state index is 15.5. The molecule has 0 aromatic rings. The van der Waals surface area contributed by atoms with E-state index in [1.165, 1.54) is 12.2 Å². The van der Waals surface area contributed by atoms with Gasteiger partial charge in [0.2, 0.25) is 0 Å². The third kappa shape index (κ3) is 3.38. The first-order valence-electron chi connectivity index (χ1n) is 11.8. The van der Waals surface area contributed by atoms with Gasteiger partial charge in [-0.1, -0.05) is 31.6 Å². The summed E-state index contributed by atoms with van der Waals surface area (Å²) < 4.78 is 15.5. The number of aliphatic carboxylic acids is 2. The number of allylic oxidation sites excluding steroid dienone is 6. The molecule has 35 heavy (non-hydrogen) atoms. The van der Waals surface area contributed by atoms with Crippen LogP contribution in [0.1, 0.15) is 46.5 Å². The third-order valence-corrected chi connectivity index (χ3v) is 9.41. The minimum Gasteiger partial charge on any atom is -0.481 e. The first-order chi connectivity index (χ1) is 16.2. The number of carboxylic acid groups (broad SMARTS) is 2. The molecular formula is C26H31FO8. The number of Topliss-reactive ketones (excluding diaryl/α,β-unsaturated/α-hetero) is 1. The van der Waals surface area contributed by atoms with E-state index in [9.17, 15) is 34.5 Å². The minimum absolute atomic E-state index is 0.0343. The largest absolute Gasteiger partial charge is 0.481 e. The van der Waals surface area contributed by atoms with Gasteiger partial charge in [0.1, 0.15) is 12.3 Å². The number of hydrogen-bond donors (Lipinski definition) is 4. The van der Waals surface area contributed by atoms with Gasteiger partial charge in [0.05, 0.1) is 24.4 Å². The second-order valence-electron chi connectivity index (χ2n) is 11.0. The van der Waals surface area contributed by atoms with Gasteiger partial charge in [-0.15, -0.1) is 0 Å². The normalized spacial score (nSPS) is 42.8. The van der Waals surface area contributed by atoms with Gasteiger partial charge < -0.3 is 20.4 Å². The molecule has 2 fully saturated rings. The second-order valence-corrected chi connectivity index (χ2v) is 11.0. The Labute approximate surface area is 202 Å². The van der Waals surface area contributed by atoms with Crippen molar-refractivity contribution in [3.05, 3.63) is 35.5 Å². The number of ketones is 2. The number of aliphatic hydroxyl groups is 2. The van der Waals surface area contributed by atoms with Gasteiger partial charge in [0, 0.05) is 5.41 Å². The number of aliphatic hydroxyl groups excluding tert-OH is 2. The van der Waals surface area contributed by atoms with Crippen LogP contribution in [0.5, 0.6) is 0 Å². The molecule has 0 amide bonds. The summed E-state index contributed by atoms with van der Waals surface area (Å²) in [5.74, 6) is -6.11. The molecule has 4 rings (SSSR count). The van der Waals surface area contributed by atoms with Gasteiger partial charge in [-0.05, 0) is 60.7 Å². The standard InChI is InChI=1S/C26H31FO8/c1-12-22(34)21-14-9-17(27)16-8-13(28)4-6-24(16,2)15(14)5-7-25(21,3)26(12,11-20(32)33)23(35)18(29)10-19(30)31/h4-6,8,12,14,17-18,21-22,29,34H,7,9-11H2,1-3H3,(H,30,31)(H,32,33)/t12-,14-,17-,18?,21-,22?,24-,25+,26-/m1/s1. The van der Waals surface area contributed by atoms with E-state index in [4.69, 9.17) is 5.11 Å². The van der Waals surface area contributed by atoms with Crippen molar-refractivity contribution < 1.29 is 44.0 Å². The van der Waals surface area contributed by atoms with Crippen LogP contribution in [0.3, 0.4) is 0 Å². The van der Waals surface area contributed by atoms with E-state index in [0.717, 1.165) is 5.57 Å². The maximum absolute atomic E-state index is 15.5. The number of hydrogen-bond acceptors (Lipinski definition) is 6. The van der Waals surface area contributed by atoms with Crippen molar-refractivity contribution in [2.45, 2.75) is 64.8 Å². The lowest BCUT2D eigenvalue weighted by Gasteiger charge is -2.55. The number of alkyl halides is 1. The molecule has 2 unspecified atom stereocenters. The summed E-state index contributed by atoms with van der Waals surface area (Å²) in [6.45, 7) is 5.05. The number of carbonyl (C=O) groups excluding carboxylic acids is 2. The summed E-state index contributed by atoms with van der Waals surface area (Å²) in [7, 11) is 0. The molecule has 0 radical (unpaired) electrons. The zero-order valence-corrected chi connectivity index (χ0v) is 19.9. The molecule has 0 saturated heterocycles. The van der Waals surface area contributed by atoms with Crippen LogP contribution in [0, 0.1) is 34.0 Å². The van der Waals surface area contributed by atoms with Crippen LogP contribution >= 0.6 is 0 Å². The molecule has 0 aromatic heterocycles. The number of carboxylic acids is 2. The summed E-state index contributed by atoms with van der Waals surface area (Å²) in [6.07, 6.45) is 0.180. The molecule has 0 heterocycles. The van der Waals surface area contributed by atoms with Crippen LogP contribution in [0.4, 0.5) is 4.39 Å². The SMILES string of the molecule is C[C@@H]1C(O)[C@H]2[C@@H]3C[C@@H](F)C4=CC(=O)C=C[C@]4(C)C3=CC[C@]2(C)[C@@]1(CC(=O)O)C(=O)C(O)CC(=O)O. The fraction of sp³-hybridized carbons (Fsp3) is 0.615. The molecule has 4 N–H and O–H groups in total. The first kappa shape index (κ1) is 25.4. The van der Waals surface area contributed by atoms with Crippen LogP contribution in [0.2, 0.25) is 0 Å². The highest BCUT2D eigenvalue weighted by Gasteiger charge is 2.72. The van der Waals surface area contributed by atoms with Crippen LogP contribution in [-0.2, 0) is 19.2 Å². The molecule has 4 aliphatic rings. The van der Waals surface area contributed by atoms with Crippen molar-refractivity contribution in [3.8, 4) is 0 Å². The Morgan fingerprint density at radius 2 is 1.83 bits per heavy atom. The fourth-order valence-electron chi connectivity index (χ4n) is 7.81. The summed E-state index contributed by atoms with van der Waals surface area (Å²) in [4.78, 5) is 48.9. The zero-order valence-electron chi connectivity index (χ0n) is 19.9. The first-order valence-corrected chi connectivity index (χ1v) is 11.8. The quantitative estimate of drug-likeness (QED) is 0.414. The minimum atomic E-state index is -1.94. The molecular weight excluding hydrogens is 459 g/mol. The van der Waals surface area contributed by atoms with Gasteiger partial charge in [-0.2, -0.15) is 0 Å². The Bertz CT molecular complexity index is 1090. The Morgan fingerprint density at radius 3 is 2.43 bits per heavy atom. The van der Waals surface area contributed by atoms with Gasteiger partial charge in [0.15, 0.2) is 11.6 Å². The van der Waals surface area contributed by atoms with E-state index in [2.05, 4.69) is 0 Å². The van der Waals surface area contributed by atoms with E-state index < -0.39 is 82.9 Å². The molecule has 0 bridgehead atoms. The second kappa shape index (κ2) is 8.20. The molecule has 8 nitrogen and oxygen atoms in total. The third-order valence-electron chi connectivity index (χ3n) is 9.41. The molecule has 0 spiro atoms. The number of fused-ring (bicyclic) bond motifs is 5. The Morgan fingerprint density at radius 1 is 1.17 bits per heavy atom. The average molecular weight is 491 g/mol. The van der Waals surface area contributed by atoms with Crippen LogP contribution in [0.15, 0.2) is 35.5 Å². The van der Waals surface area contributed by atoms with E-state index in [0.29, 0.717) is 5.57 Å². The van der Waals surface area contributed by atoms with Crippen molar-refractivity contribution in [2.75, 3.05) is 0 Å². The molecule has 190 valence electrons. The Balaban J connectivity index is 1.88. The molecule has 0 aliphatic heterocycles. The predicted molar refractivity (Wildman–Crippen MR) is 121 cm³/mol. The van der Waals surface area contributed by atoms with Crippen molar-refractivity contribution in [3.63, 3.8) is 0 Å². The van der Waals surface area contributed by atoms with Gasteiger partial charge >= 0.3 is 11.9 Å². The number of halogens is 1. The van der Waals surface area contributed by atoms with Crippen LogP contribution in [0.25, 0.3) is 0 Å². The molecule has 0 aromatic carbocycles. The lowest BCUT2D eigenvalue weighted by Crippen LogP contribution is -2.55. The molecule has 4 aliphatic carbocycles. The van der Waals surface area contributed by atoms with Gasteiger partial charge in [0.25, 0.3) is 0 Å². The number of rotatable bonds is 6. The summed E-state index contributed by atoms with van der Waals surface area (Å²) >= 11 is 0. The van der Waals surface area contributed by atoms with Crippen LogP contribution in [-0.4, -0.2) is 62.3 Å². The van der Waals surface area contributed by atoms with Crippen molar-refractivity contribution in [1.82, 2.24) is 0 Å². The summed E-state index contributed by atoms with van der Waals surface area (Å²) in [5, 5.41) is 40.9. The van der Waals surface area contributed by atoms with Gasteiger partial charge in [-0.25, -0.2) is 4.39 Å². The highest BCUT2D eigenvalue weighted by Crippen LogP contribution is 2.70. The van der Waals surface area contributed by atoms with Crippen molar-refractivity contribution in [1.29, 1.82) is 0 Å². The fourth-order valence-corrected chi connectivity index (χ4v) is 7.81. The molecule has 2 saturated carbocycles. The predicted octanol–water partition coefficient (Wildman–Crippen LogP) is 2.24. The average Bonchev–Trinajstić information content (AvgIpc) is 2.92. The zero-order chi connectivity index (χ0) is 26.1. The Kier molecular flexibility index (Phi) is 5.96. The van der Waals surface area contributed by atoms with Crippen molar-refractivity contribution >= 4 is 23.5 Å². The number of carbonyl (C=O) groups is 4. The Hall–Kier alpha value is -2.65. The van der Waals surface area contributed by atoms with Crippen LogP contribution < -0.4 is 0 Å². The van der Waals surface area contributed by atoms with E-state index in [1.54, 1.807) is 19.9 Å². The van der Waals surface area contributed by atoms with Gasteiger partial charge in [-0.3, -0.25) is 19.2 Å². The highest BCUT2D eigenvalue weighted by molar-refractivity contribution is 6.01. The van der Waals surface area contributed by atoms with Crippen molar-refractivity contribution in [2.24, 2.45) is 34.0 Å². The smallest absolute Gasteiger partial charge is 0.306 e. The topological polar surface area (TPSA) is 149 Å². The van der Waals surface area contributed by atoms with E-state index in [-0.39, 0.29) is 18.6 Å². The lowest BCUT2D eigenvalue weighted by molar-refractivity contribution is -0.161. The van der Waals surface area contributed by atoms with E-state index >= 15 is 4.39 Å². The lowest BCUT2D eigenvalue weighted by atomic mass is 9.47. The highest BCUT2D eigenvalue weighted by atomic mass is 19.1.